The van der Waals surface area contributed by atoms with Crippen LogP contribution in [-0.2, 0) is 9.59 Å². The Hall–Kier alpha value is -2.50. The van der Waals surface area contributed by atoms with Crippen LogP contribution in [-0.4, -0.2) is 23.0 Å². The molecular formula is C15H21N3O3. The van der Waals surface area contributed by atoms with Gasteiger partial charge in [0.1, 0.15) is 6.04 Å². The molecule has 1 amide bonds. The summed E-state index contributed by atoms with van der Waals surface area (Å²) in [4.78, 5) is 22.8. The molecule has 6 nitrogen and oxygen atoms in total. The number of rotatable bonds is 6. The quantitative estimate of drug-likeness (QED) is 0.467. The molecule has 0 heterocycles. The normalized spacial score (nSPS) is 12.5. The van der Waals surface area contributed by atoms with Gasteiger partial charge in [0, 0.05) is 17.5 Å². The van der Waals surface area contributed by atoms with Gasteiger partial charge in [-0.15, -0.1) is 0 Å². The molecule has 0 saturated heterocycles. The lowest BCUT2D eigenvalue weighted by atomic mass is 10.0. The van der Waals surface area contributed by atoms with Crippen LogP contribution in [0.4, 0.5) is 11.4 Å². The van der Waals surface area contributed by atoms with E-state index in [1.54, 1.807) is 18.2 Å². The summed E-state index contributed by atoms with van der Waals surface area (Å²) in [6.07, 6.45) is 3.13. The van der Waals surface area contributed by atoms with Crippen LogP contribution in [0, 0.1) is 5.92 Å². The van der Waals surface area contributed by atoms with Crippen LogP contribution in [0.5, 0.6) is 0 Å². The first-order valence-corrected chi connectivity index (χ1v) is 6.66. The first-order chi connectivity index (χ1) is 9.79. The molecule has 0 spiro atoms. The van der Waals surface area contributed by atoms with Gasteiger partial charge in [0.2, 0.25) is 5.91 Å². The molecule has 1 aromatic carbocycles. The Kier molecular flexibility index (Phi) is 5.78. The van der Waals surface area contributed by atoms with E-state index < -0.39 is 17.9 Å². The highest BCUT2D eigenvalue weighted by Gasteiger charge is 2.19. The molecule has 0 radical (unpaired) electrons. The maximum Gasteiger partial charge on any atom is 0.326 e. The van der Waals surface area contributed by atoms with Gasteiger partial charge in [-0.2, -0.15) is 0 Å². The standard InChI is InChI=1S/C15H21N3O3/c1-9(2)7-13(15(20)21)18-14(19)6-3-10-8-11(16)4-5-12(10)17/h3-6,8-9,13H,7,16-17H2,1-2H3,(H,18,19)(H,20,21)/b6-3+/t13-/m0/s1. The van der Waals surface area contributed by atoms with Crippen molar-refractivity contribution in [2.75, 3.05) is 11.5 Å². The maximum atomic E-state index is 11.8. The highest BCUT2D eigenvalue weighted by Crippen LogP contribution is 2.17. The van der Waals surface area contributed by atoms with Crippen molar-refractivity contribution in [3.05, 3.63) is 29.8 Å². The van der Waals surface area contributed by atoms with Gasteiger partial charge >= 0.3 is 5.97 Å². The van der Waals surface area contributed by atoms with Crippen LogP contribution in [0.15, 0.2) is 24.3 Å². The molecule has 114 valence electrons. The number of anilines is 2. The Morgan fingerprint density at radius 2 is 2.00 bits per heavy atom. The summed E-state index contributed by atoms with van der Waals surface area (Å²) >= 11 is 0. The predicted molar refractivity (Wildman–Crippen MR) is 83.3 cm³/mol. The molecule has 0 aliphatic rings. The van der Waals surface area contributed by atoms with Crippen LogP contribution in [0.2, 0.25) is 0 Å². The van der Waals surface area contributed by atoms with Crippen LogP contribution in [0.3, 0.4) is 0 Å². The fraction of sp³-hybridized carbons (Fsp3) is 0.333. The molecule has 6 N–H and O–H groups in total. The minimum Gasteiger partial charge on any atom is -0.480 e. The second-order valence-corrected chi connectivity index (χ2v) is 5.25. The minimum atomic E-state index is -1.05. The highest BCUT2D eigenvalue weighted by atomic mass is 16.4. The van der Waals surface area contributed by atoms with Crippen molar-refractivity contribution >= 4 is 29.3 Å². The van der Waals surface area contributed by atoms with Crippen LogP contribution >= 0.6 is 0 Å². The maximum absolute atomic E-state index is 11.8. The van der Waals surface area contributed by atoms with Crippen molar-refractivity contribution in [1.82, 2.24) is 5.32 Å². The molecule has 0 saturated carbocycles. The second kappa shape index (κ2) is 7.33. The van der Waals surface area contributed by atoms with E-state index in [4.69, 9.17) is 16.6 Å². The van der Waals surface area contributed by atoms with Crippen molar-refractivity contribution in [3.8, 4) is 0 Å². The van der Waals surface area contributed by atoms with E-state index in [9.17, 15) is 9.59 Å². The summed E-state index contributed by atoms with van der Waals surface area (Å²) in [7, 11) is 0. The van der Waals surface area contributed by atoms with Crippen molar-refractivity contribution in [1.29, 1.82) is 0 Å². The Labute approximate surface area is 123 Å². The van der Waals surface area contributed by atoms with Gasteiger partial charge < -0.3 is 21.9 Å². The summed E-state index contributed by atoms with van der Waals surface area (Å²) in [5.74, 6) is -1.36. The Bertz CT molecular complexity index is 553. The molecule has 6 heteroatoms. The third-order valence-corrected chi connectivity index (χ3v) is 2.85. The van der Waals surface area contributed by atoms with Gasteiger partial charge in [-0.3, -0.25) is 4.79 Å². The fourth-order valence-corrected chi connectivity index (χ4v) is 1.82. The molecule has 0 fully saturated rings. The summed E-state index contributed by atoms with van der Waals surface area (Å²) in [6.45, 7) is 3.79. The molecule has 1 aromatic rings. The Balaban J connectivity index is 2.73. The molecule has 21 heavy (non-hydrogen) atoms. The molecule has 1 atom stereocenters. The second-order valence-electron chi connectivity index (χ2n) is 5.25. The van der Waals surface area contributed by atoms with Gasteiger partial charge in [0.25, 0.3) is 0 Å². The monoisotopic (exact) mass is 291 g/mol. The Morgan fingerprint density at radius 1 is 1.33 bits per heavy atom. The zero-order valence-corrected chi connectivity index (χ0v) is 12.2. The number of carbonyl (C=O) groups is 2. The molecule has 0 aliphatic carbocycles. The predicted octanol–water partition coefficient (Wildman–Crippen LogP) is 1.48. The van der Waals surface area contributed by atoms with Crippen LogP contribution in [0.25, 0.3) is 6.08 Å². The summed E-state index contributed by atoms with van der Waals surface area (Å²) in [5.41, 5.74) is 13.0. The number of aliphatic carboxylic acids is 1. The summed E-state index contributed by atoms with van der Waals surface area (Å²) < 4.78 is 0. The lowest BCUT2D eigenvalue weighted by Crippen LogP contribution is -2.40. The largest absolute Gasteiger partial charge is 0.480 e. The number of hydrogen-bond donors (Lipinski definition) is 4. The minimum absolute atomic E-state index is 0.167. The van der Waals surface area contributed by atoms with E-state index in [0.29, 0.717) is 23.4 Å². The third kappa shape index (κ3) is 5.56. The van der Waals surface area contributed by atoms with E-state index in [1.165, 1.54) is 12.2 Å². The van der Waals surface area contributed by atoms with Gasteiger partial charge in [-0.1, -0.05) is 13.8 Å². The van der Waals surface area contributed by atoms with Crippen LogP contribution < -0.4 is 16.8 Å². The van der Waals surface area contributed by atoms with Gasteiger partial charge in [0.05, 0.1) is 0 Å². The number of amides is 1. The number of hydrogen-bond acceptors (Lipinski definition) is 4. The van der Waals surface area contributed by atoms with Gasteiger partial charge in [-0.25, -0.2) is 4.79 Å². The lowest BCUT2D eigenvalue weighted by molar-refractivity contribution is -0.141. The molecular weight excluding hydrogens is 270 g/mol. The number of carboxylic acid groups (broad SMARTS) is 1. The molecule has 0 aliphatic heterocycles. The first kappa shape index (κ1) is 16.6. The number of carboxylic acids is 1. The number of nitrogens with one attached hydrogen (secondary N) is 1. The smallest absolute Gasteiger partial charge is 0.326 e. The number of carbonyl (C=O) groups excluding carboxylic acids is 1. The fourth-order valence-electron chi connectivity index (χ4n) is 1.82. The SMILES string of the molecule is CC(C)C[C@H](NC(=O)/C=C/c1cc(N)ccc1N)C(=O)O. The first-order valence-electron chi connectivity index (χ1n) is 6.66. The number of nitrogens with two attached hydrogens (primary N) is 2. The van der Waals surface area contributed by atoms with Gasteiger partial charge in [-0.05, 0) is 42.2 Å². The molecule has 1 rings (SSSR count). The molecule has 0 unspecified atom stereocenters. The van der Waals surface area contributed by atoms with Crippen LogP contribution in [0.1, 0.15) is 25.8 Å². The van der Waals surface area contributed by atoms with E-state index in [1.807, 2.05) is 13.8 Å². The van der Waals surface area contributed by atoms with E-state index >= 15 is 0 Å². The molecule has 0 bridgehead atoms. The van der Waals surface area contributed by atoms with Crippen molar-refractivity contribution in [3.63, 3.8) is 0 Å². The number of nitrogen functional groups attached to an aromatic ring is 2. The van der Waals surface area contributed by atoms with Crippen molar-refractivity contribution in [2.45, 2.75) is 26.3 Å². The average molecular weight is 291 g/mol. The summed E-state index contributed by atoms with van der Waals surface area (Å²) in [6, 6.07) is 4.05. The zero-order valence-electron chi connectivity index (χ0n) is 12.2. The van der Waals surface area contributed by atoms with Crippen molar-refractivity contribution in [2.24, 2.45) is 5.92 Å². The zero-order chi connectivity index (χ0) is 16.0. The molecule has 0 aromatic heterocycles. The topological polar surface area (TPSA) is 118 Å². The van der Waals surface area contributed by atoms with E-state index in [2.05, 4.69) is 5.32 Å². The lowest BCUT2D eigenvalue weighted by Gasteiger charge is -2.15. The van der Waals surface area contributed by atoms with Crippen molar-refractivity contribution < 1.29 is 14.7 Å². The van der Waals surface area contributed by atoms with E-state index in [-0.39, 0.29) is 5.92 Å². The Morgan fingerprint density at radius 3 is 2.57 bits per heavy atom. The average Bonchev–Trinajstić information content (AvgIpc) is 2.38. The van der Waals surface area contributed by atoms with E-state index in [0.717, 1.165) is 0 Å². The van der Waals surface area contributed by atoms with Gasteiger partial charge in [0.15, 0.2) is 0 Å². The summed E-state index contributed by atoms with van der Waals surface area (Å²) in [5, 5.41) is 11.5. The highest BCUT2D eigenvalue weighted by molar-refractivity contribution is 5.95. The third-order valence-electron chi connectivity index (χ3n) is 2.85. The number of benzene rings is 1.